The molecule has 4 nitrogen and oxygen atoms in total. The molecule has 0 aliphatic rings. The Morgan fingerprint density at radius 1 is 1.11 bits per heavy atom. The predicted molar refractivity (Wildman–Crippen MR) is 72.5 cm³/mol. The number of benzene rings is 1. The first kappa shape index (κ1) is 13.4. The molecule has 1 N–H and O–H groups in total. The van der Waals surface area contributed by atoms with Crippen LogP contribution in [0.1, 0.15) is 0 Å². The minimum absolute atomic E-state index is 0.473. The molecule has 0 atom stereocenters. The zero-order valence-corrected chi connectivity index (χ0v) is 11.7. The molecule has 0 aliphatic carbocycles. The molecule has 0 unspecified atom stereocenters. The van der Waals surface area contributed by atoms with Crippen molar-refractivity contribution in [1.29, 1.82) is 0 Å². The molecule has 2 rings (SSSR count). The summed E-state index contributed by atoms with van der Waals surface area (Å²) in [6, 6.07) is 7.33. The highest BCUT2D eigenvalue weighted by atomic mass is 35.5. The van der Waals surface area contributed by atoms with Crippen molar-refractivity contribution in [3.05, 3.63) is 41.7 Å². The lowest BCUT2D eigenvalue weighted by atomic mass is 10.1. The van der Waals surface area contributed by atoms with Crippen LogP contribution in [-0.4, -0.2) is 19.2 Å². The predicted octanol–water partition coefficient (Wildman–Crippen LogP) is 3.45. The smallest absolute Gasteiger partial charge is 0.362 e. The van der Waals surface area contributed by atoms with Crippen LogP contribution in [-0.2, 0) is 13.6 Å². The molecule has 0 spiro atoms. The highest BCUT2D eigenvalue weighted by Gasteiger charge is 2.29. The number of aromatic nitrogens is 1. The van der Waals surface area contributed by atoms with Gasteiger partial charge in [-0.25, -0.2) is 0 Å². The van der Waals surface area contributed by atoms with Gasteiger partial charge in [-0.3, -0.25) is 4.57 Å². The van der Waals surface area contributed by atoms with Crippen LogP contribution in [0.3, 0.4) is 0 Å². The molecule has 0 amide bonds. The van der Waals surface area contributed by atoms with Crippen molar-refractivity contribution in [2.75, 3.05) is 14.2 Å². The zero-order valence-electron chi connectivity index (χ0n) is 10.0. The summed E-state index contributed by atoms with van der Waals surface area (Å²) in [4.78, 5) is 2.91. The minimum atomic E-state index is -3.30. The molecule has 1 heterocycles. The van der Waals surface area contributed by atoms with Gasteiger partial charge in [0.05, 0.1) is 5.30 Å². The van der Waals surface area contributed by atoms with Crippen molar-refractivity contribution in [2.24, 2.45) is 0 Å². The van der Waals surface area contributed by atoms with Gasteiger partial charge in [-0.1, -0.05) is 29.8 Å². The van der Waals surface area contributed by atoms with Gasteiger partial charge in [0.1, 0.15) is 0 Å². The Morgan fingerprint density at radius 3 is 2.39 bits per heavy atom. The van der Waals surface area contributed by atoms with Crippen LogP contribution in [0, 0.1) is 0 Å². The third kappa shape index (κ3) is 2.25. The highest BCUT2D eigenvalue weighted by molar-refractivity contribution is 7.62. The molecule has 1 aromatic carbocycles. The van der Waals surface area contributed by atoms with Crippen molar-refractivity contribution in [2.45, 2.75) is 0 Å². The largest absolute Gasteiger partial charge is 0.366 e. The fourth-order valence-electron chi connectivity index (χ4n) is 1.75. The van der Waals surface area contributed by atoms with E-state index >= 15 is 0 Å². The van der Waals surface area contributed by atoms with Gasteiger partial charge in [0.15, 0.2) is 0 Å². The normalized spacial score (nSPS) is 11.7. The summed E-state index contributed by atoms with van der Waals surface area (Å²) in [5.74, 6) is 0. The van der Waals surface area contributed by atoms with Crippen molar-refractivity contribution in [3.63, 3.8) is 0 Å². The Balaban J connectivity index is 2.59. The second kappa shape index (κ2) is 5.29. The summed E-state index contributed by atoms with van der Waals surface area (Å²) >= 11 is 6.14. The lowest BCUT2D eigenvalue weighted by Gasteiger charge is -2.14. The summed E-state index contributed by atoms with van der Waals surface area (Å²) in [6.45, 7) is 0. The third-order valence-electron chi connectivity index (χ3n) is 2.66. The third-order valence-corrected chi connectivity index (χ3v) is 4.91. The zero-order chi connectivity index (χ0) is 13.2. The van der Waals surface area contributed by atoms with Crippen molar-refractivity contribution in [3.8, 4) is 11.1 Å². The van der Waals surface area contributed by atoms with Crippen molar-refractivity contribution >= 4 is 24.5 Å². The monoisotopic (exact) mass is 285 g/mol. The van der Waals surface area contributed by atoms with Crippen LogP contribution in [0.2, 0.25) is 5.02 Å². The van der Waals surface area contributed by atoms with E-state index in [-0.39, 0.29) is 0 Å². The van der Waals surface area contributed by atoms with E-state index in [0.29, 0.717) is 15.9 Å². The molecule has 1 aromatic heterocycles. The van der Waals surface area contributed by atoms with E-state index < -0.39 is 7.60 Å². The fourth-order valence-corrected chi connectivity index (χ4v) is 3.24. The van der Waals surface area contributed by atoms with E-state index in [2.05, 4.69) is 4.98 Å². The summed E-state index contributed by atoms with van der Waals surface area (Å²) in [5, 5.41) is 1.05. The molecule has 6 heteroatoms. The van der Waals surface area contributed by atoms with Gasteiger partial charge >= 0.3 is 7.60 Å². The van der Waals surface area contributed by atoms with Gasteiger partial charge in [0.25, 0.3) is 0 Å². The average molecular weight is 286 g/mol. The lowest BCUT2D eigenvalue weighted by molar-refractivity contribution is 0.287. The van der Waals surface area contributed by atoms with E-state index in [1.807, 2.05) is 18.2 Å². The van der Waals surface area contributed by atoms with Crippen LogP contribution in [0.25, 0.3) is 11.1 Å². The fraction of sp³-hybridized carbons (Fsp3) is 0.167. The average Bonchev–Trinajstić information content (AvgIpc) is 2.88. The second-order valence-corrected chi connectivity index (χ2v) is 6.21. The number of halogens is 1. The highest BCUT2D eigenvalue weighted by Crippen LogP contribution is 2.48. The van der Waals surface area contributed by atoms with Crippen LogP contribution >= 0.6 is 19.2 Å². The van der Waals surface area contributed by atoms with Gasteiger partial charge in [0.2, 0.25) is 0 Å². The van der Waals surface area contributed by atoms with E-state index in [0.717, 1.165) is 5.56 Å². The number of nitrogens with one attached hydrogen (secondary N) is 1. The Morgan fingerprint density at radius 2 is 1.78 bits per heavy atom. The maximum absolute atomic E-state index is 12.4. The number of hydrogen-bond donors (Lipinski definition) is 1. The number of rotatable bonds is 4. The SMILES string of the molecule is COP(=O)(OC)c1c[nH]cc1-c1ccccc1Cl. The van der Waals surface area contributed by atoms with Crippen LogP contribution in [0.15, 0.2) is 36.7 Å². The summed E-state index contributed by atoms with van der Waals surface area (Å²) in [5.41, 5.74) is 1.50. The minimum Gasteiger partial charge on any atom is -0.366 e. The van der Waals surface area contributed by atoms with Crippen molar-refractivity contribution < 1.29 is 13.6 Å². The molecule has 2 aromatic rings. The summed E-state index contributed by atoms with van der Waals surface area (Å²) in [6.07, 6.45) is 3.33. The standard InChI is InChI=1S/C12H13ClNO3P/c1-16-18(15,17-2)12-8-14-7-10(12)9-5-3-4-6-11(9)13/h3-8,14H,1-2H3. The Bertz CT molecular complexity index is 589. The number of aromatic amines is 1. The Kier molecular flexibility index (Phi) is 3.93. The molecule has 0 fully saturated rings. The van der Waals surface area contributed by atoms with Gasteiger partial charge in [0, 0.05) is 42.8 Å². The van der Waals surface area contributed by atoms with Crippen molar-refractivity contribution in [1.82, 2.24) is 4.98 Å². The number of H-pyrrole nitrogens is 1. The van der Waals surface area contributed by atoms with Gasteiger partial charge in [-0.2, -0.15) is 0 Å². The molecule has 0 radical (unpaired) electrons. The quantitative estimate of drug-likeness (QED) is 0.876. The lowest BCUT2D eigenvalue weighted by Crippen LogP contribution is -2.08. The maximum atomic E-state index is 12.4. The van der Waals surface area contributed by atoms with E-state index in [1.54, 1.807) is 18.5 Å². The summed E-state index contributed by atoms with van der Waals surface area (Å²) < 4.78 is 22.4. The van der Waals surface area contributed by atoms with Gasteiger partial charge in [-0.15, -0.1) is 0 Å². The van der Waals surface area contributed by atoms with Crippen LogP contribution in [0.4, 0.5) is 0 Å². The van der Waals surface area contributed by atoms with E-state index in [4.69, 9.17) is 20.6 Å². The van der Waals surface area contributed by atoms with Gasteiger partial charge in [-0.05, 0) is 6.07 Å². The van der Waals surface area contributed by atoms with E-state index in [9.17, 15) is 4.57 Å². The number of hydrogen-bond acceptors (Lipinski definition) is 3. The van der Waals surface area contributed by atoms with Crippen LogP contribution in [0.5, 0.6) is 0 Å². The Labute approximate surface area is 110 Å². The molecule has 96 valence electrons. The first-order chi connectivity index (χ1) is 8.62. The van der Waals surface area contributed by atoms with Gasteiger partial charge < -0.3 is 14.0 Å². The molecule has 0 saturated heterocycles. The molecular weight excluding hydrogens is 273 g/mol. The summed E-state index contributed by atoms with van der Waals surface area (Å²) in [7, 11) is -0.589. The first-order valence-corrected chi connectivity index (χ1v) is 7.18. The maximum Gasteiger partial charge on any atom is 0.362 e. The molecule has 0 bridgehead atoms. The van der Waals surface area contributed by atoms with E-state index in [1.165, 1.54) is 14.2 Å². The first-order valence-electron chi connectivity index (χ1n) is 5.26. The Hall–Kier alpha value is -1.06. The van der Waals surface area contributed by atoms with Crippen LogP contribution < -0.4 is 5.30 Å². The topological polar surface area (TPSA) is 51.3 Å². The molecule has 18 heavy (non-hydrogen) atoms. The molecular formula is C12H13ClNO3P. The molecule has 0 aliphatic heterocycles. The molecule has 0 saturated carbocycles. The second-order valence-electron chi connectivity index (χ2n) is 3.60.